The van der Waals surface area contributed by atoms with E-state index in [-0.39, 0.29) is 12.5 Å². The quantitative estimate of drug-likeness (QED) is 0.735. The molecule has 0 aliphatic rings. The van der Waals surface area contributed by atoms with Crippen LogP contribution in [0.2, 0.25) is 0 Å². The first-order valence-electron chi connectivity index (χ1n) is 4.63. The van der Waals surface area contributed by atoms with Crippen molar-refractivity contribution < 1.29 is 4.79 Å². The van der Waals surface area contributed by atoms with Crippen LogP contribution < -0.4 is 5.73 Å². The predicted molar refractivity (Wildman–Crippen MR) is 54.4 cm³/mol. The Morgan fingerprint density at radius 1 is 1.57 bits per heavy atom. The second-order valence-electron chi connectivity index (χ2n) is 3.09. The van der Waals surface area contributed by atoms with Crippen molar-refractivity contribution in [3.05, 3.63) is 30.1 Å². The zero-order valence-electron chi connectivity index (χ0n) is 8.31. The molecule has 14 heavy (non-hydrogen) atoms. The summed E-state index contributed by atoms with van der Waals surface area (Å²) < 4.78 is 0. The molecule has 4 heteroatoms. The Labute approximate surface area is 83.7 Å². The molecule has 4 nitrogen and oxygen atoms in total. The molecule has 0 atom stereocenters. The van der Waals surface area contributed by atoms with E-state index in [4.69, 9.17) is 5.73 Å². The second-order valence-corrected chi connectivity index (χ2v) is 3.09. The minimum Gasteiger partial charge on any atom is -0.369 e. The van der Waals surface area contributed by atoms with Crippen LogP contribution >= 0.6 is 0 Å². The number of rotatable bonds is 5. The fourth-order valence-electron chi connectivity index (χ4n) is 1.22. The fourth-order valence-corrected chi connectivity index (χ4v) is 1.22. The van der Waals surface area contributed by atoms with Crippen LogP contribution in [0.15, 0.2) is 24.4 Å². The van der Waals surface area contributed by atoms with Crippen molar-refractivity contribution in [1.29, 1.82) is 0 Å². The number of amides is 1. The van der Waals surface area contributed by atoms with Crippen LogP contribution in [0.1, 0.15) is 12.6 Å². The van der Waals surface area contributed by atoms with Crippen molar-refractivity contribution in [2.45, 2.75) is 13.5 Å². The summed E-state index contributed by atoms with van der Waals surface area (Å²) in [4.78, 5) is 16.8. The molecule has 0 aliphatic heterocycles. The van der Waals surface area contributed by atoms with Crippen molar-refractivity contribution in [3.63, 3.8) is 0 Å². The molecule has 0 aromatic carbocycles. The lowest BCUT2D eigenvalue weighted by Gasteiger charge is -2.17. The summed E-state index contributed by atoms with van der Waals surface area (Å²) in [6, 6.07) is 5.73. The number of hydrogen-bond donors (Lipinski definition) is 1. The van der Waals surface area contributed by atoms with Crippen LogP contribution in [-0.2, 0) is 11.3 Å². The molecule has 0 saturated heterocycles. The van der Waals surface area contributed by atoms with E-state index in [9.17, 15) is 4.79 Å². The van der Waals surface area contributed by atoms with Gasteiger partial charge in [0.05, 0.1) is 12.2 Å². The number of likely N-dealkylation sites (N-methyl/N-ethyl adjacent to an activating group) is 1. The van der Waals surface area contributed by atoms with Crippen LogP contribution in [-0.4, -0.2) is 28.9 Å². The van der Waals surface area contributed by atoms with Crippen LogP contribution in [0.5, 0.6) is 0 Å². The molecule has 0 fully saturated rings. The maximum Gasteiger partial charge on any atom is 0.231 e. The summed E-state index contributed by atoms with van der Waals surface area (Å²) in [6.07, 6.45) is 1.74. The first-order chi connectivity index (χ1) is 6.72. The van der Waals surface area contributed by atoms with Crippen molar-refractivity contribution in [1.82, 2.24) is 9.88 Å². The lowest BCUT2D eigenvalue weighted by atomic mass is 10.3. The maximum atomic E-state index is 10.7. The summed E-state index contributed by atoms with van der Waals surface area (Å²) >= 11 is 0. The number of carbonyl (C=O) groups excluding carboxylic acids is 1. The topological polar surface area (TPSA) is 59.2 Å². The number of nitrogens with zero attached hydrogens (tertiary/aromatic N) is 2. The lowest BCUT2D eigenvalue weighted by molar-refractivity contribution is -0.119. The molecule has 0 spiro atoms. The van der Waals surface area contributed by atoms with Gasteiger partial charge in [0.25, 0.3) is 0 Å². The van der Waals surface area contributed by atoms with Gasteiger partial charge in [0.15, 0.2) is 0 Å². The maximum absolute atomic E-state index is 10.7. The molecule has 0 bridgehead atoms. The number of nitrogens with two attached hydrogens (primary N) is 1. The van der Waals surface area contributed by atoms with Crippen molar-refractivity contribution >= 4 is 5.91 Å². The van der Waals surface area contributed by atoms with E-state index >= 15 is 0 Å². The van der Waals surface area contributed by atoms with Crippen LogP contribution in [0.25, 0.3) is 0 Å². The molecule has 0 aliphatic carbocycles. The summed E-state index contributed by atoms with van der Waals surface area (Å²) in [5, 5.41) is 0. The Morgan fingerprint density at radius 2 is 2.36 bits per heavy atom. The zero-order chi connectivity index (χ0) is 10.4. The average Bonchev–Trinajstić information content (AvgIpc) is 2.17. The molecule has 1 rings (SSSR count). The van der Waals surface area contributed by atoms with Gasteiger partial charge in [0.2, 0.25) is 5.91 Å². The Kier molecular flexibility index (Phi) is 4.07. The number of hydrogen-bond acceptors (Lipinski definition) is 3. The van der Waals surface area contributed by atoms with Gasteiger partial charge in [-0.25, -0.2) is 0 Å². The highest BCUT2D eigenvalue weighted by molar-refractivity contribution is 5.75. The van der Waals surface area contributed by atoms with E-state index in [0.717, 1.165) is 12.2 Å². The third-order valence-electron chi connectivity index (χ3n) is 1.94. The van der Waals surface area contributed by atoms with Gasteiger partial charge in [-0.05, 0) is 18.7 Å². The molecule has 2 N–H and O–H groups in total. The van der Waals surface area contributed by atoms with Gasteiger partial charge < -0.3 is 5.73 Å². The lowest BCUT2D eigenvalue weighted by Crippen LogP contribution is -2.33. The zero-order valence-corrected chi connectivity index (χ0v) is 8.31. The minimum absolute atomic E-state index is 0.285. The van der Waals surface area contributed by atoms with Gasteiger partial charge >= 0.3 is 0 Å². The van der Waals surface area contributed by atoms with Gasteiger partial charge in [-0.1, -0.05) is 13.0 Å². The minimum atomic E-state index is -0.303. The molecule has 1 aromatic rings. The average molecular weight is 193 g/mol. The van der Waals surface area contributed by atoms with E-state index in [1.165, 1.54) is 0 Å². The highest BCUT2D eigenvalue weighted by Crippen LogP contribution is 1.99. The molecule has 0 radical (unpaired) electrons. The monoisotopic (exact) mass is 193 g/mol. The largest absolute Gasteiger partial charge is 0.369 e. The highest BCUT2D eigenvalue weighted by Gasteiger charge is 2.06. The molecule has 1 amide bonds. The van der Waals surface area contributed by atoms with Gasteiger partial charge in [0, 0.05) is 12.7 Å². The van der Waals surface area contributed by atoms with Crippen molar-refractivity contribution in [2.75, 3.05) is 13.1 Å². The normalized spacial score (nSPS) is 10.4. The number of aromatic nitrogens is 1. The van der Waals surface area contributed by atoms with Gasteiger partial charge in [-0.3, -0.25) is 14.7 Å². The van der Waals surface area contributed by atoms with E-state index in [2.05, 4.69) is 4.98 Å². The first kappa shape index (κ1) is 10.7. The fraction of sp³-hybridized carbons (Fsp3) is 0.400. The first-order valence-corrected chi connectivity index (χ1v) is 4.63. The summed E-state index contributed by atoms with van der Waals surface area (Å²) in [7, 11) is 0. The van der Waals surface area contributed by atoms with Gasteiger partial charge in [-0.15, -0.1) is 0 Å². The molecule has 0 saturated carbocycles. The number of carbonyl (C=O) groups is 1. The second kappa shape index (κ2) is 5.34. The van der Waals surface area contributed by atoms with Crippen molar-refractivity contribution in [3.8, 4) is 0 Å². The SMILES string of the molecule is CCN(CC(N)=O)Cc1ccccn1. The van der Waals surface area contributed by atoms with E-state index in [1.807, 2.05) is 30.0 Å². The molecule has 76 valence electrons. The molecule has 0 unspecified atom stereocenters. The molecular formula is C10H15N3O. The van der Waals surface area contributed by atoms with E-state index in [0.29, 0.717) is 6.54 Å². The molecular weight excluding hydrogens is 178 g/mol. The Hall–Kier alpha value is -1.42. The predicted octanol–water partition coefficient (Wildman–Crippen LogP) is 0.389. The van der Waals surface area contributed by atoms with Crippen LogP contribution in [0, 0.1) is 0 Å². The summed E-state index contributed by atoms with van der Waals surface area (Å²) in [5.41, 5.74) is 6.08. The van der Waals surface area contributed by atoms with Crippen LogP contribution in [0.3, 0.4) is 0 Å². The highest BCUT2D eigenvalue weighted by atomic mass is 16.1. The third-order valence-corrected chi connectivity index (χ3v) is 1.94. The molecule has 1 aromatic heterocycles. The Morgan fingerprint density at radius 3 is 2.86 bits per heavy atom. The Balaban J connectivity index is 2.53. The summed E-state index contributed by atoms with van der Waals surface area (Å²) in [6.45, 7) is 3.73. The standard InChI is InChI=1S/C10H15N3O/c1-2-13(8-10(11)14)7-9-5-3-4-6-12-9/h3-6H,2,7-8H2,1H3,(H2,11,14). The smallest absolute Gasteiger partial charge is 0.231 e. The van der Waals surface area contributed by atoms with E-state index < -0.39 is 0 Å². The van der Waals surface area contributed by atoms with Crippen LogP contribution in [0.4, 0.5) is 0 Å². The number of primary amides is 1. The van der Waals surface area contributed by atoms with Crippen molar-refractivity contribution in [2.24, 2.45) is 5.73 Å². The van der Waals surface area contributed by atoms with Gasteiger partial charge in [-0.2, -0.15) is 0 Å². The molecule has 1 heterocycles. The summed E-state index contributed by atoms with van der Waals surface area (Å²) in [5.74, 6) is -0.303. The number of pyridine rings is 1. The third kappa shape index (κ3) is 3.53. The van der Waals surface area contributed by atoms with E-state index in [1.54, 1.807) is 6.20 Å². The van der Waals surface area contributed by atoms with Gasteiger partial charge in [0.1, 0.15) is 0 Å². The Bertz CT molecular complexity index is 287.